The van der Waals surface area contributed by atoms with Crippen molar-refractivity contribution in [2.45, 2.75) is 12.5 Å². The summed E-state index contributed by atoms with van der Waals surface area (Å²) in [6, 6.07) is 6.31. The fraction of sp³-hybridized carbons (Fsp3) is 0.357. The number of hydrogen-bond donors (Lipinski definition) is 1. The van der Waals surface area contributed by atoms with Gasteiger partial charge in [-0.15, -0.1) is 11.3 Å². The van der Waals surface area contributed by atoms with Crippen molar-refractivity contribution in [2.75, 3.05) is 20.6 Å². The standard InChI is InChI=1S/C14H18N2OS2/c1-16(2)13(11-5-7-18-10-11)9-15-14(17)8-12-4-3-6-19-12/h3-7,10,13H,8-9H2,1-2H3,(H,15,17)/t13-/m0/s1. The lowest BCUT2D eigenvalue weighted by molar-refractivity contribution is -0.120. The first-order valence-corrected chi connectivity index (χ1v) is 7.96. The minimum atomic E-state index is 0.0875. The number of carbonyl (C=O) groups excluding carboxylic acids is 1. The summed E-state index contributed by atoms with van der Waals surface area (Å²) in [5, 5.41) is 9.22. The van der Waals surface area contributed by atoms with Crippen LogP contribution < -0.4 is 5.32 Å². The number of likely N-dealkylation sites (N-methyl/N-ethyl adjacent to an activating group) is 1. The van der Waals surface area contributed by atoms with Gasteiger partial charge in [-0.05, 0) is 47.9 Å². The van der Waals surface area contributed by atoms with Gasteiger partial charge in [-0.3, -0.25) is 4.79 Å². The Morgan fingerprint density at radius 3 is 2.79 bits per heavy atom. The summed E-state index contributed by atoms with van der Waals surface area (Å²) in [6.45, 7) is 0.647. The van der Waals surface area contributed by atoms with Crippen molar-refractivity contribution in [3.05, 3.63) is 44.8 Å². The van der Waals surface area contributed by atoms with Gasteiger partial charge in [0, 0.05) is 11.4 Å². The van der Waals surface area contributed by atoms with Gasteiger partial charge in [-0.25, -0.2) is 0 Å². The van der Waals surface area contributed by atoms with Crippen LogP contribution in [0, 0.1) is 0 Å². The second-order valence-corrected chi connectivity index (χ2v) is 6.41. The first-order chi connectivity index (χ1) is 9.16. The molecule has 0 saturated heterocycles. The molecule has 0 fully saturated rings. The maximum Gasteiger partial charge on any atom is 0.225 e. The fourth-order valence-electron chi connectivity index (χ4n) is 1.91. The van der Waals surface area contributed by atoms with Crippen molar-refractivity contribution in [1.82, 2.24) is 10.2 Å². The zero-order valence-electron chi connectivity index (χ0n) is 11.1. The molecule has 0 radical (unpaired) electrons. The average Bonchev–Trinajstić information content (AvgIpc) is 3.01. The summed E-state index contributed by atoms with van der Waals surface area (Å²) in [4.78, 5) is 15.1. The molecule has 1 N–H and O–H groups in total. The van der Waals surface area contributed by atoms with E-state index in [-0.39, 0.29) is 11.9 Å². The highest BCUT2D eigenvalue weighted by Gasteiger charge is 2.15. The van der Waals surface area contributed by atoms with Crippen LogP contribution in [-0.4, -0.2) is 31.4 Å². The van der Waals surface area contributed by atoms with Crippen LogP contribution in [0.5, 0.6) is 0 Å². The lowest BCUT2D eigenvalue weighted by Gasteiger charge is -2.23. The van der Waals surface area contributed by atoms with Crippen LogP contribution in [0.4, 0.5) is 0 Å². The van der Waals surface area contributed by atoms with Crippen LogP contribution in [0.25, 0.3) is 0 Å². The van der Waals surface area contributed by atoms with E-state index in [0.717, 1.165) is 4.88 Å². The maximum absolute atomic E-state index is 11.9. The Morgan fingerprint density at radius 2 is 2.21 bits per heavy atom. The van der Waals surface area contributed by atoms with E-state index in [2.05, 4.69) is 27.0 Å². The van der Waals surface area contributed by atoms with Gasteiger partial charge < -0.3 is 10.2 Å². The molecule has 2 rings (SSSR count). The van der Waals surface area contributed by atoms with Crippen molar-refractivity contribution in [2.24, 2.45) is 0 Å². The number of thiophene rings is 2. The molecule has 2 aromatic heterocycles. The highest BCUT2D eigenvalue weighted by molar-refractivity contribution is 7.10. The van der Waals surface area contributed by atoms with Gasteiger partial charge in [0.1, 0.15) is 0 Å². The van der Waals surface area contributed by atoms with Gasteiger partial charge in [0.05, 0.1) is 12.5 Å². The van der Waals surface area contributed by atoms with Crippen LogP contribution in [0.1, 0.15) is 16.5 Å². The lowest BCUT2D eigenvalue weighted by atomic mass is 10.1. The van der Waals surface area contributed by atoms with Gasteiger partial charge in [0.25, 0.3) is 0 Å². The molecule has 0 unspecified atom stereocenters. The molecule has 0 aliphatic heterocycles. The van der Waals surface area contributed by atoms with E-state index in [1.165, 1.54) is 5.56 Å². The molecule has 0 aliphatic rings. The Labute approximate surface area is 121 Å². The first kappa shape index (κ1) is 14.2. The normalized spacial score (nSPS) is 12.6. The zero-order chi connectivity index (χ0) is 13.7. The molecule has 2 heterocycles. The number of nitrogens with zero attached hydrogens (tertiary/aromatic N) is 1. The van der Waals surface area contributed by atoms with Crippen molar-refractivity contribution >= 4 is 28.6 Å². The van der Waals surface area contributed by atoms with Gasteiger partial charge >= 0.3 is 0 Å². The largest absolute Gasteiger partial charge is 0.354 e. The van der Waals surface area contributed by atoms with Gasteiger partial charge in [-0.1, -0.05) is 6.07 Å². The monoisotopic (exact) mass is 294 g/mol. The molecule has 1 atom stereocenters. The molecule has 0 aliphatic carbocycles. The highest BCUT2D eigenvalue weighted by Crippen LogP contribution is 2.20. The molecule has 0 bridgehead atoms. The van der Waals surface area contributed by atoms with Gasteiger partial charge in [-0.2, -0.15) is 11.3 Å². The third kappa shape index (κ3) is 4.16. The van der Waals surface area contributed by atoms with E-state index in [4.69, 9.17) is 0 Å². The third-order valence-corrected chi connectivity index (χ3v) is 4.54. The Kier molecular flexibility index (Phi) is 5.13. The van der Waals surface area contributed by atoms with E-state index in [1.807, 2.05) is 31.6 Å². The molecule has 19 heavy (non-hydrogen) atoms. The van der Waals surface area contributed by atoms with Crippen LogP contribution in [0.2, 0.25) is 0 Å². The molecule has 1 amide bonds. The SMILES string of the molecule is CN(C)[C@@H](CNC(=O)Cc1cccs1)c1ccsc1. The van der Waals surface area contributed by atoms with Crippen molar-refractivity contribution < 1.29 is 4.79 Å². The number of carbonyl (C=O) groups is 1. The first-order valence-electron chi connectivity index (χ1n) is 6.14. The second kappa shape index (κ2) is 6.84. The summed E-state index contributed by atoms with van der Waals surface area (Å²) >= 11 is 3.31. The number of rotatable bonds is 6. The van der Waals surface area contributed by atoms with Crippen LogP contribution in [0.3, 0.4) is 0 Å². The third-order valence-electron chi connectivity index (χ3n) is 2.96. The zero-order valence-corrected chi connectivity index (χ0v) is 12.8. The minimum absolute atomic E-state index is 0.0875. The highest BCUT2D eigenvalue weighted by atomic mass is 32.1. The van der Waals surface area contributed by atoms with E-state index in [9.17, 15) is 4.79 Å². The van der Waals surface area contributed by atoms with Crippen molar-refractivity contribution in [3.63, 3.8) is 0 Å². The minimum Gasteiger partial charge on any atom is -0.354 e. The van der Waals surface area contributed by atoms with Crippen LogP contribution in [-0.2, 0) is 11.2 Å². The fourth-order valence-corrected chi connectivity index (χ4v) is 3.32. The van der Waals surface area contributed by atoms with Gasteiger partial charge in [0.2, 0.25) is 5.91 Å². The number of hydrogen-bond acceptors (Lipinski definition) is 4. The smallest absolute Gasteiger partial charge is 0.225 e. The summed E-state index contributed by atoms with van der Waals surface area (Å²) in [7, 11) is 4.07. The molecule has 5 heteroatoms. The predicted molar refractivity (Wildman–Crippen MR) is 81.8 cm³/mol. The van der Waals surface area contributed by atoms with E-state index >= 15 is 0 Å². The predicted octanol–water partition coefficient (Wildman–Crippen LogP) is 2.77. The van der Waals surface area contributed by atoms with E-state index in [1.54, 1.807) is 22.7 Å². The molecular weight excluding hydrogens is 276 g/mol. The van der Waals surface area contributed by atoms with Crippen LogP contribution >= 0.6 is 22.7 Å². The Bertz CT molecular complexity index is 492. The topological polar surface area (TPSA) is 32.3 Å². The molecule has 0 spiro atoms. The summed E-state index contributed by atoms with van der Waals surface area (Å²) in [5.41, 5.74) is 1.26. The van der Waals surface area contributed by atoms with Crippen LogP contribution in [0.15, 0.2) is 34.3 Å². The molecule has 2 aromatic rings. The van der Waals surface area contributed by atoms with Crippen molar-refractivity contribution in [3.8, 4) is 0 Å². The maximum atomic E-state index is 11.9. The lowest BCUT2D eigenvalue weighted by Crippen LogP contribution is -2.35. The summed E-state index contributed by atoms with van der Waals surface area (Å²) in [5.74, 6) is 0.0875. The van der Waals surface area contributed by atoms with E-state index < -0.39 is 0 Å². The number of nitrogens with one attached hydrogen (secondary N) is 1. The summed E-state index contributed by atoms with van der Waals surface area (Å²) < 4.78 is 0. The molecule has 0 aromatic carbocycles. The Balaban J connectivity index is 1.87. The summed E-state index contributed by atoms with van der Waals surface area (Å²) in [6.07, 6.45) is 0.474. The molecule has 3 nitrogen and oxygen atoms in total. The quantitative estimate of drug-likeness (QED) is 0.888. The van der Waals surface area contributed by atoms with E-state index in [0.29, 0.717) is 13.0 Å². The molecule has 0 saturated carbocycles. The average molecular weight is 294 g/mol. The number of amides is 1. The Hall–Kier alpha value is -1.17. The van der Waals surface area contributed by atoms with Gasteiger partial charge in [0.15, 0.2) is 0 Å². The Morgan fingerprint density at radius 1 is 1.37 bits per heavy atom. The van der Waals surface area contributed by atoms with Crippen molar-refractivity contribution in [1.29, 1.82) is 0 Å². The second-order valence-electron chi connectivity index (χ2n) is 4.60. The molecule has 102 valence electrons. The molecular formula is C14H18N2OS2.